The van der Waals surface area contributed by atoms with Gasteiger partial charge in [0.05, 0.1) is 6.61 Å². The molecule has 0 radical (unpaired) electrons. The van der Waals surface area contributed by atoms with E-state index < -0.39 is 0 Å². The van der Waals surface area contributed by atoms with Crippen LogP contribution >= 0.6 is 0 Å². The summed E-state index contributed by atoms with van der Waals surface area (Å²) in [6.07, 6.45) is 1.26. The van der Waals surface area contributed by atoms with Gasteiger partial charge in [-0.3, -0.25) is 0 Å². The SMILES string of the molecule is CCOc1cc2c(cc1CNCC(C)C)OC(C)C2. The first-order valence-corrected chi connectivity index (χ1v) is 7.26. The van der Waals surface area contributed by atoms with Crippen molar-refractivity contribution < 1.29 is 9.47 Å². The average molecular weight is 263 g/mol. The van der Waals surface area contributed by atoms with Gasteiger partial charge in [-0.1, -0.05) is 13.8 Å². The maximum absolute atomic E-state index is 5.82. The van der Waals surface area contributed by atoms with Crippen molar-refractivity contribution in [2.75, 3.05) is 13.2 Å². The zero-order chi connectivity index (χ0) is 13.8. The van der Waals surface area contributed by atoms with E-state index in [2.05, 4.69) is 38.2 Å². The van der Waals surface area contributed by atoms with Gasteiger partial charge in [-0.2, -0.15) is 0 Å². The number of ether oxygens (including phenoxy) is 2. The molecular formula is C16H25NO2. The molecule has 1 aliphatic heterocycles. The second-order valence-corrected chi connectivity index (χ2v) is 5.66. The van der Waals surface area contributed by atoms with E-state index >= 15 is 0 Å². The summed E-state index contributed by atoms with van der Waals surface area (Å²) in [6.45, 7) is 11.1. The molecule has 0 spiro atoms. The topological polar surface area (TPSA) is 30.5 Å². The van der Waals surface area contributed by atoms with Gasteiger partial charge in [0.2, 0.25) is 0 Å². The molecule has 1 aromatic rings. The molecule has 0 bridgehead atoms. The Bertz CT molecular complexity index is 429. The van der Waals surface area contributed by atoms with Crippen LogP contribution < -0.4 is 14.8 Å². The third kappa shape index (κ3) is 3.63. The first kappa shape index (κ1) is 14.2. The van der Waals surface area contributed by atoms with E-state index in [0.29, 0.717) is 12.5 Å². The zero-order valence-corrected chi connectivity index (χ0v) is 12.5. The second kappa shape index (κ2) is 6.29. The van der Waals surface area contributed by atoms with E-state index in [9.17, 15) is 0 Å². The summed E-state index contributed by atoms with van der Waals surface area (Å²) < 4.78 is 11.6. The van der Waals surface area contributed by atoms with Crippen molar-refractivity contribution >= 4 is 0 Å². The van der Waals surface area contributed by atoms with Gasteiger partial charge in [-0.25, -0.2) is 0 Å². The van der Waals surface area contributed by atoms with Crippen LogP contribution in [0, 0.1) is 5.92 Å². The lowest BCUT2D eigenvalue weighted by atomic mass is 10.1. The van der Waals surface area contributed by atoms with Crippen molar-refractivity contribution in [3.05, 3.63) is 23.3 Å². The van der Waals surface area contributed by atoms with Crippen molar-refractivity contribution in [3.8, 4) is 11.5 Å². The molecule has 1 aromatic carbocycles. The number of benzene rings is 1. The Labute approximate surface area is 116 Å². The van der Waals surface area contributed by atoms with Crippen LogP contribution in [-0.2, 0) is 13.0 Å². The smallest absolute Gasteiger partial charge is 0.124 e. The van der Waals surface area contributed by atoms with Crippen LogP contribution in [0.15, 0.2) is 12.1 Å². The summed E-state index contributed by atoms with van der Waals surface area (Å²) >= 11 is 0. The highest BCUT2D eigenvalue weighted by molar-refractivity contribution is 5.48. The molecule has 3 nitrogen and oxygen atoms in total. The molecule has 2 rings (SSSR count). The van der Waals surface area contributed by atoms with Crippen LogP contribution in [0.4, 0.5) is 0 Å². The number of hydrogen-bond acceptors (Lipinski definition) is 3. The molecule has 0 aliphatic carbocycles. The Morgan fingerprint density at radius 2 is 2.21 bits per heavy atom. The van der Waals surface area contributed by atoms with Gasteiger partial charge in [0.1, 0.15) is 17.6 Å². The number of fused-ring (bicyclic) bond motifs is 1. The molecule has 1 aliphatic rings. The van der Waals surface area contributed by atoms with Gasteiger partial charge >= 0.3 is 0 Å². The summed E-state index contributed by atoms with van der Waals surface area (Å²) in [5, 5.41) is 3.47. The van der Waals surface area contributed by atoms with Crippen molar-refractivity contribution in [1.29, 1.82) is 0 Å². The molecule has 0 aromatic heterocycles. The lowest BCUT2D eigenvalue weighted by Crippen LogP contribution is -2.19. The van der Waals surface area contributed by atoms with Crippen LogP contribution in [-0.4, -0.2) is 19.3 Å². The molecular weight excluding hydrogens is 238 g/mol. The minimum atomic E-state index is 0.281. The predicted octanol–water partition coefficient (Wildman–Crippen LogP) is 3.15. The van der Waals surface area contributed by atoms with Gasteiger partial charge in [-0.05, 0) is 38.4 Å². The van der Waals surface area contributed by atoms with Crippen LogP contribution in [0.3, 0.4) is 0 Å². The lowest BCUT2D eigenvalue weighted by molar-refractivity contribution is 0.254. The molecule has 1 N–H and O–H groups in total. The second-order valence-electron chi connectivity index (χ2n) is 5.66. The minimum Gasteiger partial charge on any atom is -0.494 e. The molecule has 3 heteroatoms. The molecule has 0 saturated heterocycles. The summed E-state index contributed by atoms with van der Waals surface area (Å²) in [5.74, 6) is 2.67. The van der Waals surface area contributed by atoms with Crippen LogP contribution in [0.1, 0.15) is 38.8 Å². The molecule has 1 unspecified atom stereocenters. The standard InChI is InChI=1S/C16H25NO2/c1-5-18-15-7-13-6-12(4)19-16(13)8-14(15)10-17-9-11(2)3/h7-8,11-12,17H,5-6,9-10H2,1-4H3. The van der Waals surface area contributed by atoms with E-state index in [4.69, 9.17) is 9.47 Å². The summed E-state index contributed by atoms with van der Waals surface area (Å²) in [6, 6.07) is 4.28. The molecule has 1 atom stereocenters. The molecule has 0 fully saturated rings. The van der Waals surface area contributed by atoms with Crippen LogP contribution in [0.5, 0.6) is 11.5 Å². The Morgan fingerprint density at radius 1 is 1.42 bits per heavy atom. The van der Waals surface area contributed by atoms with Gasteiger partial charge in [0.15, 0.2) is 0 Å². The first-order chi connectivity index (χ1) is 9.10. The number of rotatable bonds is 6. The maximum Gasteiger partial charge on any atom is 0.124 e. The zero-order valence-electron chi connectivity index (χ0n) is 12.5. The van der Waals surface area contributed by atoms with Crippen molar-refractivity contribution in [2.24, 2.45) is 5.92 Å². The van der Waals surface area contributed by atoms with E-state index in [0.717, 1.165) is 31.0 Å². The van der Waals surface area contributed by atoms with Crippen molar-refractivity contribution in [1.82, 2.24) is 5.32 Å². The first-order valence-electron chi connectivity index (χ1n) is 7.26. The fourth-order valence-electron chi connectivity index (χ4n) is 2.41. The largest absolute Gasteiger partial charge is 0.494 e. The third-order valence-electron chi connectivity index (χ3n) is 3.25. The molecule has 0 amide bonds. The van der Waals surface area contributed by atoms with E-state index in [1.54, 1.807) is 0 Å². The fraction of sp³-hybridized carbons (Fsp3) is 0.625. The van der Waals surface area contributed by atoms with E-state index in [1.165, 1.54) is 11.1 Å². The van der Waals surface area contributed by atoms with Gasteiger partial charge in [0.25, 0.3) is 0 Å². The highest BCUT2D eigenvalue weighted by Gasteiger charge is 2.21. The van der Waals surface area contributed by atoms with Gasteiger partial charge in [0, 0.05) is 24.1 Å². The molecule has 1 heterocycles. The summed E-state index contributed by atoms with van der Waals surface area (Å²) in [4.78, 5) is 0. The Kier molecular flexibility index (Phi) is 4.70. The monoisotopic (exact) mass is 263 g/mol. The van der Waals surface area contributed by atoms with Crippen LogP contribution in [0.2, 0.25) is 0 Å². The third-order valence-corrected chi connectivity index (χ3v) is 3.25. The van der Waals surface area contributed by atoms with Crippen LogP contribution in [0.25, 0.3) is 0 Å². The van der Waals surface area contributed by atoms with E-state index in [1.807, 2.05) is 6.92 Å². The van der Waals surface area contributed by atoms with Gasteiger partial charge in [-0.15, -0.1) is 0 Å². The summed E-state index contributed by atoms with van der Waals surface area (Å²) in [7, 11) is 0. The molecule has 106 valence electrons. The summed E-state index contributed by atoms with van der Waals surface area (Å²) in [5.41, 5.74) is 2.46. The van der Waals surface area contributed by atoms with Gasteiger partial charge < -0.3 is 14.8 Å². The fourth-order valence-corrected chi connectivity index (χ4v) is 2.41. The Balaban J connectivity index is 2.13. The lowest BCUT2D eigenvalue weighted by Gasteiger charge is -2.14. The van der Waals surface area contributed by atoms with E-state index in [-0.39, 0.29) is 6.10 Å². The minimum absolute atomic E-state index is 0.281. The van der Waals surface area contributed by atoms with Crippen molar-refractivity contribution in [2.45, 2.75) is 46.8 Å². The van der Waals surface area contributed by atoms with Crippen molar-refractivity contribution in [3.63, 3.8) is 0 Å². The predicted molar refractivity (Wildman–Crippen MR) is 77.9 cm³/mol. The number of hydrogen-bond donors (Lipinski definition) is 1. The average Bonchev–Trinajstić information content (AvgIpc) is 2.68. The Hall–Kier alpha value is -1.22. The maximum atomic E-state index is 5.82. The Morgan fingerprint density at radius 3 is 2.89 bits per heavy atom. The number of nitrogens with one attached hydrogen (secondary N) is 1. The quantitative estimate of drug-likeness (QED) is 0.855. The highest BCUT2D eigenvalue weighted by Crippen LogP contribution is 2.35. The normalized spacial score (nSPS) is 17.4. The molecule has 0 saturated carbocycles. The highest BCUT2D eigenvalue weighted by atomic mass is 16.5. The molecule has 19 heavy (non-hydrogen) atoms.